The monoisotopic (exact) mass is 581 g/mol. The van der Waals surface area contributed by atoms with Crippen LogP contribution in [0.2, 0.25) is 0 Å². The van der Waals surface area contributed by atoms with Crippen molar-refractivity contribution in [1.82, 2.24) is 19.9 Å². The molecule has 3 atom stereocenters. The molecule has 7 rings (SSSR count). The maximum atomic E-state index is 12.7. The van der Waals surface area contributed by atoms with Crippen LogP contribution < -0.4 is 14.4 Å². The zero-order valence-corrected chi connectivity index (χ0v) is 23.4. The lowest BCUT2D eigenvalue weighted by Gasteiger charge is -2.47. The third-order valence-corrected chi connectivity index (χ3v) is 10.1. The van der Waals surface area contributed by atoms with Crippen LogP contribution in [0, 0.1) is 12.3 Å². The highest BCUT2D eigenvalue weighted by molar-refractivity contribution is 7.86. The summed E-state index contributed by atoms with van der Waals surface area (Å²) in [5.74, 6) is 1.08. The summed E-state index contributed by atoms with van der Waals surface area (Å²) in [6.45, 7) is 3.03. The second kappa shape index (κ2) is 9.69. The summed E-state index contributed by atoms with van der Waals surface area (Å²) in [5, 5.41) is 10.6. The molecule has 1 saturated carbocycles. The van der Waals surface area contributed by atoms with Gasteiger partial charge >= 0.3 is 12.1 Å². The molecule has 41 heavy (non-hydrogen) atoms. The minimum Gasteiger partial charge on any atom is -0.477 e. The molecule has 3 unspecified atom stereocenters. The van der Waals surface area contributed by atoms with Gasteiger partial charge in [-0.1, -0.05) is 17.7 Å². The molecule has 3 fully saturated rings. The molecule has 3 aromatic rings. The molecule has 2 aromatic heterocycles. The number of fused-ring (bicyclic) bond motifs is 5. The van der Waals surface area contributed by atoms with Crippen molar-refractivity contribution in [3.8, 4) is 11.9 Å². The fourth-order valence-corrected chi connectivity index (χ4v) is 7.31. The van der Waals surface area contributed by atoms with Crippen LogP contribution in [-0.2, 0) is 14.3 Å². The van der Waals surface area contributed by atoms with Gasteiger partial charge < -0.3 is 19.5 Å². The molecule has 5 heterocycles. The molecular weight excluding hydrogens is 550 g/mol. The van der Waals surface area contributed by atoms with E-state index in [0.29, 0.717) is 42.2 Å². The zero-order chi connectivity index (χ0) is 28.4. The van der Waals surface area contributed by atoms with E-state index in [9.17, 15) is 18.3 Å². The number of nitrogens with zero attached hydrogens (tertiary/aromatic N) is 5. The Morgan fingerprint density at radius 3 is 2.66 bits per heavy atom. The van der Waals surface area contributed by atoms with Crippen LogP contribution in [0.5, 0.6) is 11.9 Å². The molecule has 1 amide bonds. The summed E-state index contributed by atoms with van der Waals surface area (Å²) < 4.78 is 43.0. The molecule has 12 nitrogen and oxygen atoms in total. The van der Waals surface area contributed by atoms with Crippen LogP contribution in [0.4, 0.5) is 10.6 Å². The molecule has 2 bridgehead atoms. The number of ether oxygens (including phenoxy) is 2. The Bertz CT molecular complexity index is 1610. The second-order valence-corrected chi connectivity index (χ2v) is 13.1. The van der Waals surface area contributed by atoms with Crippen molar-refractivity contribution >= 4 is 32.9 Å². The van der Waals surface area contributed by atoms with Gasteiger partial charge in [0.05, 0.1) is 48.4 Å². The van der Waals surface area contributed by atoms with Crippen LogP contribution in [0.3, 0.4) is 0 Å². The Morgan fingerprint density at radius 2 is 1.90 bits per heavy atom. The number of rotatable bonds is 7. The van der Waals surface area contributed by atoms with E-state index in [1.807, 2.05) is 6.92 Å². The van der Waals surface area contributed by atoms with E-state index in [2.05, 4.69) is 14.9 Å². The third kappa shape index (κ3) is 4.70. The number of anilines is 1. The second-order valence-electron chi connectivity index (χ2n) is 11.5. The summed E-state index contributed by atoms with van der Waals surface area (Å²) in [6, 6.07) is 8.15. The van der Waals surface area contributed by atoms with Gasteiger partial charge in [0, 0.05) is 24.6 Å². The predicted molar refractivity (Wildman–Crippen MR) is 147 cm³/mol. The maximum Gasteiger partial charge on any atom is 0.407 e. The summed E-state index contributed by atoms with van der Waals surface area (Å²) >= 11 is 0. The van der Waals surface area contributed by atoms with E-state index in [-0.39, 0.29) is 42.2 Å². The Hall–Kier alpha value is -3.71. The van der Waals surface area contributed by atoms with Gasteiger partial charge in [-0.05, 0) is 50.8 Å². The van der Waals surface area contributed by atoms with Crippen molar-refractivity contribution in [2.75, 3.05) is 31.3 Å². The van der Waals surface area contributed by atoms with E-state index in [0.717, 1.165) is 31.2 Å². The Kier molecular flexibility index (Phi) is 6.19. The highest BCUT2D eigenvalue weighted by atomic mass is 32.2. The molecule has 2 saturated heterocycles. The minimum atomic E-state index is -3.89. The first-order valence-electron chi connectivity index (χ1n) is 13.9. The van der Waals surface area contributed by atoms with E-state index < -0.39 is 21.6 Å². The molecule has 0 radical (unpaired) electrons. The Labute approximate surface area is 237 Å². The van der Waals surface area contributed by atoms with Gasteiger partial charge in [0.2, 0.25) is 5.88 Å². The predicted octanol–water partition coefficient (Wildman–Crippen LogP) is 3.38. The van der Waals surface area contributed by atoms with Crippen LogP contribution in [0.25, 0.3) is 10.9 Å². The summed E-state index contributed by atoms with van der Waals surface area (Å²) in [6.07, 6.45) is 4.51. The van der Waals surface area contributed by atoms with Gasteiger partial charge in [0.25, 0.3) is 10.1 Å². The van der Waals surface area contributed by atoms with Crippen molar-refractivity contribution in [2.24, 2.45) is 5.41 Å². The lowest BCUT2D eigenvalue weighted by Crippen LogP contribution is -2.62. The number of piperazine rings is 1. The minimum absolute atomic E-state index is 0.00807. The van der Waals surface area contributed by atoms with Crippen molar-refractivity contribution in [1.29, 1.82) is 0 Å². The molecule has 216 valence electrons. The third-order valence-electron chi connectivity index (χ3n) is 8.77. The number of aromatic nitrogens is 3. The van der Waals surface area contributed by atoms with Gasteiger partial charge in [-0.3, -0.25) is 9.08 Å². The number of pyridine rings is 1. The van der Waals surface area contributed by atoms with Gasteiger partial charge in [0.1, 0.15) is 11.2 Å². The maximum absolute atomic E-state index is 12.7. The molecule has 1 aromatic carbocycles. The first-order chi connectivity index (χ1) is 19.7. The van der Waals surface area contributed by atoms with Gasteiger partial charge in [-0.2, -0.15) is 18.4 Å². The molecule has 1 N–H and O–H groups in total. The lowest BCUT2D eigenvalue weighted by molar-refractivity contribution is 0.0954. The smallest absolute Gasteiger partial charge is 0.407 e. The highest BCUT2D eigenvalue weighted by Gasteiger charge is 2.50. The van der Waals surface area contributed by atoms with Crippen molar-refractivity contribution in [2.45, 2.75) is 62.0 Å². The number of aryl methyl sites for hydroxylation is 1. The number of hydrogen-bond donors (Lipinski definition) is 1. The molecule has 13 heteroatoms. The fraction of sp³-hybridized carbons (Fsp3) is 0.500. The average Bonchev–Trinajstić information content (AvgIpc) is 3.65. The van der Waals surface area contributed by atoms with E-state index >= 15 is 0 Å². The SMILES string of the molecule is Cc1ccc(S(=O)(=O)OCC2(COc3nc4c5c(nccc5n3)OCCC3C5CCC(CN43)N5C(=O)O)CC2)cc1. The van der Waals surface area contributed by atoms with Crippen molar-refractivity contribution < 1.29 is 32.0 Å². The lowest BCUT2D eigenvalue weighted by atomic mass is 9.99. The number of carbonyl (C=O) groups is 1. The zero-order valence-electron chi connectivity index (χ0n) is 22.6. The van der Waals surface area contributed by atoms with Crippen LogP contribution in [-0.4, -0.2) is 84.0 Å². The van der Waals surface area contributed by atoms with Crippen LogP contribution >= 0.6 is 0 Å². The number of amides is 1. The Balaban J connectivity index is 1.14. The summed E-state index contributed by atoms with van der Waals surface area (Å²) in [4.78, 5) is 29.9. The Morgan fingerprint density at radius 1 is 1.10 bits per heavy atom. The summed E-state index contributed by atoms with van der Waals surface area (Å²) in [7, 11) is -3.89. The number of benzene rings is 1. The van der Waals surface area contributed by atoms with Crippen molar-refractivity contribution in [3.63, 3.8) is 0 Å². The fourth-order valence-electron chi connectivity index (χ4n) is 6.30. The molecule has 4 aliphatic rings. The van der Waals surface area contributed by atoms with Crippen LogP contribution in [0.1, 0.15) is 37.7 Å². The van der Waals surface area contributed by atoms with Gasteiger partial charge in [0.15, 0.2) is 0 Å². The van der Waals surface area contributed by atoms with E-state index in [4.69, 9.17) is 18.6 Å². The topological polar surface area (TPSA) is 144 Å². The number of carboxylic acid groups (broad SMARTS) is 1. The number of hydrogen-bond acceptors (Lipinski definition) is 10. The molecule has 3 aliphatic heterocycles. The largest absolute Gasteiger partial charge is 0.477 e. The first kappa shape index (κ1) is 26.2. The average molecular weight is 582 g/mol. The standard InChI is InChI=1S/C28H31N5O7S/c1-17-2-5-19(6-3-17)41(36,37)40-16-28(10-11-28)15-39-26-30-20-8-12-29-25-23(20)24(31-26)32-14-18-4-7-22(33(18)27(34)35)21(32)9-13-38-25/h2-3,5-6,8,12,18,21-22H,4,7,9-11,13-16H2,1H3,(H,34,35). The summed E-state index contributed by atoms with van der Waals surface area (Å²) in [5.41, 5.74) is 1.14. The molecule has 0 spiro atoms. The van der Waals surface area contributed by atoms with E-state index in [1.54, 1.807) is 41.4 Å². The quantitative estimate of drug-likeness (QED) is 0.410. The highest BCUT2D eigenvalue weighted by Crippen LogP contribution is 2.47. The molecular formula is C28H31N5O7S. The normalized spacial score (nSPS) is 24.3. The first-order valence-corrected chi connectivity index (χ1v) is 15.3. The van der Waals surface area contributed by atoms with Crippen molar-refractivity contribution in [3.05, 3.63) is 42.1 Å². The molecule has 1 aliphatic carbocycles. The van der Waals surface area contributed by atoms with Gasteiger partial charge in [-0.25, -0.2) is 9.78 Å². The van der Waals surface area contributed by atoms with Gasteiger partial charge in [-0.15, -0.1) is 0 Å². The van der Waals surface area contributed by atoms with E-state index in [1.165, 1.54) is 0 Å². The van der Waals surface area contributed by atoms with Crippen LogP contribution in [0.15, 0.2) is 41.4 Å².